The molecular formula is C31H35N7O4S. The number of carbonyl (C=O) groups is 1. The van der Waals surface area contributed by atoms with Crippen LogP contribution in [0.25, 0.3) is 10.9 Å². The number of amides is 1. The maximum Gasteiger partial charge on any atom is 0.234 e. The van der Waals surface area contributed by atoms with Crippen molar-refractivity contribution in [2.75, 3.05) is 61.6 Å². The Labute approximate surface area is 251 Å². The molecule has 1 amide bonds. The van der Waals surface area contributed by atoms with Gasteiger partial charge in [0, 0.05) is 55.6 Å². The van der Waals surface area contributed by atoms with Crippen LogP contribution in [0.1, 0.15) is 12.8 Å². The maximum atomic E-state index is 12.4. The minimum Gasteiger partial charge on any atom is -0.494 e. The predicted octanol–water partition coefficient (Wildman–Crippen LogP) is 3.93. The second kappa shape index (κ2) is 12.1. The van der Waals surface area contributed by atoms with E-state index in [-0.39, 0.29) is 10.8 Å². The third-order valence-electron chi connectivity index (χ3n) is 7.99. The minimum absolute atomic E-state index is 0.110. The number of anilines is 5. The molecule has 0 bridgehead atoms. The first-order valence-corrected chi connectivity index (χ1v) is 16.2. The quantitative estimate of drug-likeness (QED) is 0.273. The number of ether oxygens (including phenoxy) is 1. The highest BCUT2D eigenvalue weighted by molar-refractivity contribution is 7.90. The number of piperidine rings is 1. The first-order chi connectivity index (χ1) is 20.8. The molecule has 0 saturated carbocycles. The van der Waals surface area contributed by atoms with Crippen molar-refractivity contribution in [1.29, 1.82) is 0 Å². The van der Waals surface area contributed by atoms with Gasteiger partial charge in [-0.2, -0.15) is 4.98 Å². The van der Waals surface area contributed by atoms with Crippen LogP contribution in [0.4, 0.5) is 28.8 Å². The largest absolute Gasteiger partial charge is 0.494 e. The van der Waals surface area contributed by atoms with Crippen molar-refractivity contribution in [2.24, 2.45) is 0 Å². The average Bonchev–Trinajstić information content (AvgIpc) is 3.01. The molecule has 3 heterocycles. The number of para-hydroxylation sites is 2. The highest BCUT2D eigenvalue weighted by atomic mass is 32.2. The summed E-state index contributed by atoms with van der Waals surface area (Å²) in [6.45, 7) is 3.91. The van der Waals surface area contributed by atoms with Gasteiger partial charge in [0.2, 0.25) is 11.9 Å². The second-order valence-corrected chi connectivity index (χ2v) is 12.8. The van der Waals surface area contributed by atoms with Gasteiger partial charge in [0.1, 0.15) is 11.6 Å². The number of hydrogen-bond donors (Lipinski definition) is 3. The maximum absolute atomic E-state index is 12.4. The first-order valence-electron chi connectivity index (χ1n) is 14.3. The molecule has 2 aliphatic rings. The number of hydrogen-bond acceptors (Lipinski definition) is 10. The summed E-state index contributed by atoms with van der Waals surface area (Å²) >= 11 is 0. The van der Waals surface area contributed by atoms with Crippen LogP contribution < -0.4 is 25.6 Å². The van der Waals surface area contributed by atoms with E-state index in [1.165, 1.54) is 6.26 Å². The third kappa shape index (κ3) is 6.35. The van der Waals surface area contributed by atoms with Crippen LogP contribution in [0.2, 0.25) is 0 Å². The Morgan fingerprint density at radius 3 is 2.47 bits per heavy atom. The highest BCUT2D eigenvalue weighted by Crippen LogP contribution is 2.35. The van der Waals surface area contributed by atoms with Gasteiger partial charge in [0.05, 0.1) is 35.4 Å². The summed E-state index contributed by atoms with van der Waals surface area (Å²) in [7, 11) is -1.83. The number of methoxy groups -OCH3 is 1. The van der Waals surface area contributed by atoms with Crippen molar-refractivity contribution in [1.82, 2.24) is 20.2 Å². The van der Waals surface area contributed by atoms with Gasteiger partial charge >= 0.3 is 0 Å². The molecule has 0 atom stereocenters. The molecule has 2 aliphatic heterocycles. The lowest BCUT2D eigenvalue weighted by molar-refractivity contribution is -0.125. The smallest absolute Gasteiger partial charge is 0.234 e. The number of nitrogens with zero attached hydrogens (tertiary/aromatic N) is 4. The predicted molar refractivity (Wildman–Crippen MR) is 168 cm³/mol. The van der Waals surface area contributed by atoms with E-state index in [0.29, 0.717) is 47.0 Å². The molecule has 3 aromatic carbocycles. The van der Waals surface area contributed by atoms with E-state index in [9.17, 15) is 13.2 Å². The summed E-state index contributed by atoms with van der Waals surface area (Å²) in [4.78, 5) is 26.1. The summed E-state index contributed by atoms with van der Waals surface area (Å²) in [5.41, 5.74) is 2.91. The fourth-order valence-corrected chi connectivity index (χ4v) is 6.65. The summed E-state index contributed by atoms with van der Waals surface area (Å²) in [5.74, 6) is 1.59. The van der Waals surface area contributed by atoms with E-state index in [0.717, 1.165) is 50.1 Å². The molecule has 0 spiro atoms. The van der Waals surface area contributed by atoms with Crippen LogP contribution >= 0.6 is 0 Å². The molecule has 1 aromatic heterocycles. The summed E-state index contributed by atoms with van der Waals surface area (Å²) in [6.07, 6.45) is 3.18. The van der Waals surface area contributed by atoms with Gasteiger partial charge in [-0.25, -0.2) is 13.4 Å². The number of rotatable bonds is 8. The lowest BCUT2D eigenvalue weighted by Crippen LogP contribution is -2.54. The zero-order chi connectivity index (χ0) is 30.0. The lowest BCUT2D eigenvalue weighted by atomic mass is 10.0. The SMILES string of the molecule is COc1cc(N2CCC(N3CCNC(=O)C3)CC2)ccc1Nc1nc(Nc2ccccc2S(C)(=O)=O)c2ccccc2n1. The van der Waals surface area contributed by atoms with Gasteiger partial charge in [-0.15, -0.1) is 0 Å². The van der Waals surface area contributed by atoms with Crippen molar-refractivity contribution in [3.8, 4) is 5.75 Å². The van der Waals surface area contributed by atoms with Crippen LogP contribution in [-0.4, -0.2) is 81.3 Å². The van der Waals surface area contributed by atoms with E-state index in [1.807, 2.05) is 36.4 Å². The van der Waals surface area contributed by atoms with Crippen molar-refractivity contribution < 1.29 is 17.9 Å². The summed E-state index contributed by atoms with van der Waals surface area (Å²) in [5, 5.41) is 10.2. The molecule has 3 N–H and O–H groups in total. The molecule has 0 unspecified atom stereocenters. The molecule has 4 aromatic rings. The Bertz CT molecular complexity index is 1760. The Morgan fingerprint density at radius 1 is 0.930 bits per heavy atom. The normalized spacial score (nSPS) is 16.6. The van der Waals surface area contributed by atoms with E-state index < -0.39 is 9.84 Å². The Morgan fingerprint density at radius 2 is 1.70 bits per heavy atom. The molecule has 12 heteroatoms. The molecule has 6 rings (SSSR count). The molecule has 2 saturated heterocycles. The van der Waals surface area contributed by atoms with E-state index >= 15 is 0 Å². The monoisotopic (exact) mass is 601 g/mol. The molecule has 2 fully saturated rings. The number of piperazine rings is 1. The number of aromatic nitrogens is 2. The number of benzene rings is 3. The van der Waals surface area contributed by atoms with Crippen LogP contribution in [0.3, 0.4) is 0 Å². The van der Waals surface area contributed by atoms with Crippen LogP contribution in [-0.2, 0) is 14.6 Å². The van der Waals surface area contributed by atoms with Gasteiger partial charge < -0.3 is 25.6 Å². The number of fused-ring (bicyclic) bond motifs is 1. The topological polar surface area (TPSA) is 129 Å². The van der Waals surface area contributed by atoms with Crippen molar-refractivity contribution >= 4 is 55.5 Å². The van der Waals surface area contributed by atoms with E-state index in [1.54, 1.807) is 31.4 Å². The van der Waals surface area contributed by atoms with Gasteiger partial charge in [-0.3, -0.25) is 9.69 Å². The molecule has 11 nitrogen and oxygen atoms in total. The molecule has 0 radical (unpaired) electrons. The first kappa shape index (κ1) is 28.7. The third-order valence-corrected chi connectivity index (χ3v) is 9.14. The van der Waals surface area contributed by atoms with Gasteiger partial charge in [-0.1, -0.05) is 24.3 Å². The van der Waals surface area contributed by atoms with Crippen molar-refractivity contribution in [3.63, 3.8) is 0 Å². The number of carbonyl (C=O) groups excluding carboxylic acids is 1. The van der Waals surface area contributed by atoms with E-state index in [4.69, 9.17) is 14.7 Å². The molecule has 224 valence electrons. The van der Waals surface area contributed by atoms with Crippen LogP contribution in [0.15, 0.2) is 71.6 Å². The molecule has 0 aliphatic carbocycles. The summed E-state index contributed by atoms with van der Waals surface area (Å²) < 4.78 is 30.6. The summed E-state index contributed by atoms with van der Waals surface area (Å²) in [6, 6.07) is 20.8. The van der Waals surface area contributed by atoms with E-state index in [2.05, 4.69) is 31.8 Å². The average molecular weight is 602 g/mol. The lowest BCUT2D eigenvalue weighted by Gasteiger charge is -2.40. The molecule has 43 heavy (non-hydrogen) atoms. The Balaban J connectivity index is 1.22. The number of nitrogens with one attached hydrogen (secondary N) is 3. The highest BCUT2D eigenvalue weighted by Gasteiger charge is 2.28. The van der Waals surface area contributed by atoms with Crippen molar-refractivity contribution in [2.45, 2.75) is 23.8 Å². The second-order valence-electron chi connectivity index (χ2n) is 10.9. The fraction of sp³-hybridized carbons (Fsp3) is 0.323. The Kier molecular flexibility index (Phi) is 8.04. The zero-order valence-corrected chi connectivity index (χ0v) is 25.0. The van der Waals surface area contributed by atoms with Gasteiger partial charge in [-0.05, 0) is 49.2 Å². The zero-order valence-electron chi connectivity index (χ0n) is 24.2. The minimum atomic E-state index is -3.46. The Hall–Kier alpha value is -4.42. The van der Waals surface area contributed by atoms with Crippen LogP contribution in [0, 0.1) is 0 Å². The fourth-order valence-electron chi connectivity index (χ4n) is 5.81. The van der Waals surface area contributed by atoms with Gasteiger partial charge in [0.15, 0.2) is 9.84 Å². The van der Waals surface area contributed by atoms with Crippen LogP contribution in [0.5, 0.6) is 5.75 Å². The molecular weight excluding hydrogens is 566 g/mol. The van der Waals surface area contributed by atoms with Crippen molar-refractivity contribution in [3.05, 3.63) is 66.7 Å². The standard InChI is InChI=1S/C31H35N7O4S/c1-42-27-19-22(37-16-13-21(14-17-37)38-18-15-32-29(39)20-38)11-12-25(27)35-31-34-24-8-4-3-7-23(24)30(36-31)33-26-9-5-6-10-28(26)43(2,40)41/h3-12,19,21H,13-18,20H2,1-2H3,(H,32,39)(H2,33,34,35,36). The number of sulfone groups is 1. The van der Waals surface area contributed by atoms with Gasteiger partial charge in [0.25, 0.3) is 0 Å².